The SMILES string of the molecule is Cc1cc(C(=O)NCCc2ccc(CO)cc2)c2ccc(F)cc2n1. The van der Waals surface area contributed by atoms with Crippen LogP contribution in [0.2, 0.25) is 0 Å². The maximum Gasteiger partial charge on any atom is 0.252 e. The Morgan fingerprint density at radius 1 is 1.12 bits per heavy atom. The molecule has 0 bridgehead atoms. The van der Waals surface area contributed by atoms with E-state index in [0.717, 1.165) is 11.1 Å². The molecule has 4 nitrogen and oxygen atoms in total. The molecule has 5 heteroatoms. The third kappa shape index (κ3) is 4.00. The summed E-state index contributed by atoms with van der Waals surface area (Å²) >= 11 is 0. The normalized spacial score (nSPS) is 10.8. The summed E-state index contributed by atoms with van der Waals surface area (Å²) in [6.07, 6.45) is 0.689. The fourth-order valence-corrected chi connectivity index (χ4v) is 2.75. The largest absolute Gasteiger partial charge is 0.392 e. The molecule has 0 atom stereocenters. The summed E-state index contributed by atoms with van der Waals surface area (Å²) in [6.45, 7) is 2.29. The number of pyridine rings is 1. The highest BCUT2D eigenvalue weighted by atomic mass is 19.1. The molecule has 128 valence electrons. The zero-order valence-electron chi connectivity index (χ0n) is 13.9. The zero-order valence-corrected chi connectivity index (χ0v) is 13.9. The molecule has 0 aliphatic carbocycles. The number of carbonyl (C=O) groups excluding carboxylic acids is 1. The number of nitrogens with zero attached hydrogens (tertiary/aromatic N) is 1. The van der Waals surface area contributed by atoms with Crippen molar-refractivity contribution in [1.29, 1.82) is 0 Å². The molecule has 1 amide bonds. The van der Waals surface area contributed by atoms with E-state index in [4.69, 9.17) is 5.11 Å². The third-order valence-electron chi connectivity index (χ3n) is 4.05. The first-order valence-corrected chi connectivity index (χ1v) is 8.10. The molecule has 0 spiro atoms. The van der Waals surface area contributed by atoms with Gasteiger partial charge in [-0.05, 0) is 42.7 Å². The molecule has 3 aromatic rings. The lowest BCUT2D eigenvalue weighted by Gasteiger charge is -2.09. The smallest absolute Gasteiger partial charge is 0.252 e. The van der Waals surface area contributed by atoms with E-state index in [0.29, 0.717) is 35.1 Å². The van der Waals surface area contributed by atoms with Gasteiger partial charge in [-0.15, -0.1) is 0 Å². The zero-order chi connectivity index (χ0) is 17.8. The number of aryl methyl sites for hydroxylation is 1. The van der Waals surface area contributed by atoms with Crippen molar-refractivity contribution < 1.29 is 14.3 Å². The van der Waals surface area contributed by atoms with Crippen LogP contribution in [0, 0.1) is 12.7 Å². The van der Waals surface area contributed by atoms with Crippen molar-refractivity contribution >= 4 is 16.8 Å². The number of benzene rings is 2. The molecule has 2 aromatic carbocycles. The maximum atomic E-state index is 13.4. The van der Waals surface area contributed by atoms with E-state index in [9.17, 15) is 9.18 Å². The van der Waals surface area contributed by atoms with Gasteiger partial charge in [-0.2, -0.15) is 0 Å². The Morgan fingerprint density at radius 3 is 2.56 bits per heavy atom. The van der Waals surface area contributed by atoms with Gasteiger partial charge in [-0.3, -0.25) is 9.78 Å². The molecule has 0 saturated heterocycles. The summed E-state index contributed by atoms with van der Waals surface area (Å²) in [5, 5.41) is 12.6. The van der Waals surface area contributed by atoms with Gasteiger partial charge in [0.1, 0.15) is 5.82 Å². The first-order valence-electron chi connectivity index (χ1n) is 8.10. The number of nitrogens with one attached hydrogen (secondary N) is 1. The van der Waals surface area contributed by atoms with Crippen LogP contribution in [0.25, 0.3) is 10.9 Å². The van der Waals surface area contributed by atoms with Gasteiger partial charge in [0.05, 0.1) is 17.7 Å². The monoisotopic (exact) mass is 338 g/mol. The lowest BCUT2D eigenvalue weighted by Crippen LogP contribution is -2.26. The number of halogens is 1. The van der Waals surface area contributed by atoms with Gasteiger partial charge in [0, 0.05) is 23.7 Å². The highest BCUT2D eigenvalue weighted by Crippen LogP contribution is 2.19. The van der Waals surface area contributed by atoms with Crippen LogP contribution in [0.1, 0.15) is 27.2 Å². The highest BCUT2D eigenvalue weighted by molar-refractivity contribution is 6.06. The summed E-state index contributed by atoms with van der Waals surface area (Å²) in [6, 6.07) is 13.6. The molecule has 2 N–H and O–H groups in total. The molecular weight excluding hydrogens is 319 g/mol. The van der Waals surface area contributed by atoms with Crippen LogP contribution in [0.3, 0.4) is 0 Å². The van der Waals surface area contributed by atoms with Gasteiger partial charge < -0.3 is 10.4 Å². The average Bonchev–Trinajstić information content (AvgIpc) is 2.61. The topological polar surface area (TPSA) is 62.2 Å². The number of rotatable bonds is 5. The van der Waals surface area contributed by atoms with Crippen LogP contribution < -0.4 is 5.32 Å². The molecule has 0 aliphatic heterocycles. The number of carbonyl (C=O) groups is 1. The van der Waals surface area contributed by atoms with Crippen LogP contribution in [-0.4, -0.2) is 22.5 Å². The van der Waals surface area contributed by atoms with Crippen molar-refractivity contribution in [3.63, 3.8) is 0 Å². The lowest BCUT2D eigenvalue weighted by molar-refractivity contribution is 0.0955. The molecule has 1 heterocycles. The van der Waals surface area contributed by atoms with Gasteiger partial charge in [0.2, 0.25) is 0 Å². The maximum absolute atomic E-state index is 13.4. The molecule has 0 radical (unpaired) electrons. The van der Waals surface area contributed by atoms with Gasteiger partial charge in [0.15, 0.2) is 0 Å². The second-order valence-electron chi connectivity index (χ2n) is 5.95. The predicted molar refractivity (Wildman–Crippen MR) is 94.8 cm³/mol. The van der Waals surface area contributed by atoms with Gasteiger partial charge >= 0.3 is 0 Å². The van der Waals surface area contributed by atoms with E-state index in [1.54, 1.807) is 19.1 Å². The van der Waals surface area contributed by atoms with Gasteiger partial charge in [-0.25, -0.2) is 4.39 Å². The predicted octanol–water partition coefficient (Wildman–Crippen LogP) is 3.15. The third-order valence-corrected chi connectivity index (χ3v) is 4.05. The summed E-state index contributed by atoms with van der Waals surface area (Å²) < 4.78 is 13.4. The number of hydrogen-bond acceptors (Lipinski definition) is 3. The van der Waals surface area contributed by atoms with E-state index in [1.165, 1.54) is 12.1 Å². The number of aliphatic hydroxyl groups is 1. The van der Waals surface area contributed by atoms with Crippen LogP contribution in [0.15, 0.2) is 48.5 Å². The fourth-order valence-electron chi connectivity index (χ4n) is 2.75. The molecule has 1 aromatic heterocycles. The number of hydrogen-bond donors (Lipinski definition) is 2. The molecule has 0 unspecified atom stereocenters. The van der Waals surface area contributed by atoms with E-state index < -0.39 is 0 Å². The van der Waals surface area contributed by atoms with Crippen molar-refractivity contribution in [2.45, 2.75) is 20.0 Å². The van der Waals surface area contributed by atoms with E-state index in [2.05, 4.69) is 10.3 Å². The Kier molecular flexibility index (Phi) is 5.05. The standard InChI is InChI=1S/C20H19FN2O2/c1-13-10-18(17-7-6-16(21)11-19(17)23-13)20(25)22-9-8-14-2-4-15(12-24)5-3-14/h2-7,10-11,24H,8-9,12H2,1H3,(H,22,25). The lowest BCUT2D eigenvalue weighted by atomic mass is 10.1. The quantitative estimate of drug-likeness (QED) is 0.751. The first-order chi connectivity index (χ1) is 12.1. The van der Waals surface area contributed by atoms with Gasteiger partial charge in [-0.1, -0.05) is 24.3 Å². The molecular formula is C20H19FN2O2. The number of aromatic nitrogens is 1. The Balaban J connectivity index is 1.71. The average molecular weight is 338 g/mol. The van der Waals surface area contributed by atoms with Crippen molar-refractivity contribution in [3.8, 4) is 0 Å². The molecule has 25 heavy (non-hydrogen) atoms. The van der Waals surface area contributed by atoms with Crippen LogP contribution in [-0.2, 0) is 13.0 Å². The Hall–Kier alpha value is -2.79. The number of amides is 1. The van der Waals surface area contributed by atoms with E-state index in [-0.39, 0.29) is 18.3 Å². The van der Waals surface area contributed by atoms with Crippen molar-refractivity contribution in [2.24, 2.45) is 0 Å². The van der Waals surface area contributed by atoms with Crippen LogP contribution in [0.5, 0.6) is 0 Å². The highest BCUT2D eigenvalue weighted by Gasteiger charge is 2.12. The van der Waals surface area contributed by atoms with Crippen LogP contribution >= 0.6 is 0 Å². The number of aliphatic hydroxyl groups excluding tert-OH is 1. The summed E-state index contributed by atoms with van der Waals surface area (Å²) in [5.41, 5.74) is 3.58. The Labute approximate surface area is 145 Å². The minimum Gasteiger partial charge on any atom is -0.392 e. The summed E-state index contributed by atoms with van der Waals surface area (Å²) in [5.74, 6) is -0.572. The number of fused-ring (bicyclic) bond motifs is 1. The molecule has 3 rings (SSSR count). The second-order valence-corrected chi connectivity index (χ2v) is 5.95. The van der Waals surface area contributed by atoms with Crippen molar-refractivity contribution in [2.75, 3.05) is 6.54 Å². The summed E-state index contributed by atoms with van der Waals surface area (Å²) in [7, 11) is 0. The van der Waals surface area contributed by atoms with Crippen LogP contribution in [0.4, 0.5) is 4.39 Å². The minimum atomic E-state index is -0.372. The molecule has 0 aliphatic rings. The Bertz CT molecular complexity index is 902. The van der Waals surface area contributed by atoms with Crippen molar-refractivity contribution in [3.05, 3.63) is 76.7 Å². The fraction of sp³-hybridized carbons (Fsp3) is 0.200. The second kappa shape index (κ2) is 7.40. The van der Waals surface area contributed by atoms with E-state index in [1.807, 2.05) is 24.3 Å². The summed E-state index contributed by atoms with van der Waals surface area (Å²) in [4.78, 5) is 16.8. The van der Waals surface area contributed by atoms with E-state index >= 15 is 0 Å². The van der Waals surface area contributed by atoms with Crippen molar-refractivity contribution in [1.82, 2.24) is 10.3 Å². The minimum absolute atomic E-state index is 0.0199. The first kappa shape index (κ1) is 17.0. The Morgan fingerprint density at radius 2 is 1.84 bits per heavy atom. The molecule has 0 fully saturated rings. The van der Waals surface area contributed by atoms with Gasteiger partial charge in [0.25, 0.3) is 5.91 Å². The molecule has 0 saturated carbocycles.